The number of tetrazole rings is 1. The minimum atomic E-state index is -0.595. The summed E-state index contributed by atoms with van der Waals surface area (Å²) in [5.74, 6) is -0.416. The maximum absolute atomic E-state index is 12.7. The molecule has 1 aromatic heterocycles. The van der Waals surface area contributed by atoms with Gasteiger partial charge >= 0.3 is 0 Å². The van der Waals surface area contributed by atoms with Crippen LogP contribution in [-0.2, 0) is 16.0 Å². The van der Waals surface area contributed by atoms with Gasteiger partial charge in [-0.1, -0.05) is 52.3 Å². The standard InChI is InChI=1S/C20H21BrN6O2/c1-14-7-8-16(21)12-17(14)24-19(28)9-10-22-20(29)18(27-13-23-25-26-27)11-15-5-3-2-4-6-15/h2-8,12-13,18H,9-11H2,1H3,(H,22,29)(H,24,28). The number of nitrogens with zero attached hydrogens (tertiary/aromatic N) is 4. The average molecular weight is 457 g/mol. The highest BCUT2D eigenvalue weighted by Crippen LogP contribution is 2.20. The molecule has 1 atom stereocenters. The minimum absolute atomic E-state index is 0.158. The van der Waals surface area contributed by atoms with E-state index in [0.717, 1.165) is 21.3 Å². The van der Waals surface area contributed by atoms with Gasteiger partial charge in [-0.25, -0.2) is 4.68 Å². The van der Waals surface area contributed by atoms with Crippen LogP contribution in [0.1, 0.15) is 23.6 Å². The molecule has 2 N–H and O–H groups in total. The maximum atomic E-state index is 12.7. The van der Waals surface area contributed by atoms with E-state index >= 15 is 0 Å². The van der Waals surface area contributed by atoms with E-state index in [9.17, 15) is 9.59 Å². The van der Waals surface area contributed by atoms with Crippen LogP contribution in [0, 0.1) is 6.92 Å². The molecule has 0 aliphatic carbocycles. The third-order valence-corrected chi connectivity index (χ3v) is 4.88. The second-order valence-electron chi connectivity index (χ2n) is 6.54. The van der Waals surface area contributed by atoms with E-state index in [4.69, 9.17) is 0 Å². The second-order valence-corrected chi connectivity index (χ2v) is 7.46. The summed E-state index contributed by atoms with van der Waals surface area (Å²) in [6.07, 6.45) is 2.02. The van der Waals surface area contributed by atoms with E-state index in [0.29, 0.717) is 6.42 Å². The smallest absolute Gasteiger partial charge is 0.245 e. The lowest BCUT2D eigenvalue weighted by Gasteiger charge is -2.16. The van der Waals surface area contributed by atoms with Crippen molar-refractivity contribution in [1.82, 2.24) is 25.5 Å². The normalized spacial score (nSPS) is 11.7. The van der Waals surface area contributed by atoms with Crippen molar-refractivity contribution in [2.45, 2.75) is 25.8 Å². The Labute approximate surface area is 176 Å². The molecule has 8 nitrogen and oxygen atoms in total. The van der Waals surface area contributed by atoms with Crippen LogP contribution in [0.25, 0.3) is 0 Å². The summed E-state index contributed by atoms with van der Waals surface area (Å²) in [7, 11) is 0. The quantitative estimate of drug-likeness (QED) is 0.542. The number of nitrogens with one attached hydrogen (secondary N) is 2. The monoisotopic (exact) mass is 456 g/mol. The number of aryl methyl sites for hydroxylation is 1. The minimum Gasteiger partial charge on any atom is -0.354 e. The number of carbonyl (C=O) groups is 2. The molecule has 0 saturated carbocycles. The van der Waals surface area contributed by atoms with Crippen LogP contribution < -0.4 is 10.6 Å². The molecule has 29 heavy (non-hydrogen) atoms. The summed E-state index contributed by atoms with van der Waals surface area (Å²) in [6.45, 7) is 2.13. The fraction of sp³-hybridized carbons (Fsp3) is 0.250. The van der Waals surface area contributed by atoms with Crippen molar-refractivity contribution >= 4 is 33.4 Å². The van der Waals surface area contributed by atoms with Gasteiger partial charge in [0.1, 0.15) is 12.4 Å². The first-order valence-electron chi connectivity index (χ1n) is 9.13. The molecular formula is C20H21BrN6O2. The molecule has 2 aromatic carbocycles. The highest BCUT2D eigenvalue weighted by Gasteiger charge is 2.22. The van der Waals surface area contributed by atoms with Crippen LogP contribution in [0.3, 0.4) is 0 Å². The SMILES string of the molecule is Cc1ccc(Br)cc1NC(=O)CCNC(=O)C(Cc1ccccc1)n1cnnn1. The fourth-order valence-corrected chi connectivity index (χ4v) is 3.17. The first kappa shape index (κ1) is 20.7. The molecule has 0 saturated heterocycles. The van der Waals surface area contributed by atoms with Gasteiger partial charge in [0.2, 0.25) is 11.8 Å². The Morgan fingerprint density at radius 1 is 1.17 bits per heavy atom. The topological polar surface area (TPSA) is 102 Å². The summed E-state index contributed by atoms with van der Waals surface area (Å²) < 4.78 is 2.31. The Balaban J connectivity index is 1.56. The van der Waals surface area contributed by atoms with Gasteiger partial charge in [0, 0.05) is 29.5 Å². The molecule has 150 valence electrons. The third kappa shape index (κ3) is 5.95. The van der Waals surface area contributed by atoms with E-state index in [2.05, 4.69) is 42.1 Å². The van der Waals surface area contributed by atoms with Crippen molar-refractivity contribution in [3.63, 3.8) is 0 Å². The summed E-state index contributed by atoms with van der Waals surface area (Å²) >= 11 is 3.39. The Morgan fingerprint density at radius 3 is 2.69 bits per heavy atom. The van der Waals surface area contributed by atoms with Crippen molar-refractivity contribution in [3.05, 3.63) is 70.5 Å². The molecule has 0 radical (unpaired) electrons. The van der Waals surface area contributed by atoms with Gasteiger partial charge in [0.25, 0.3) is 0 Å². The lowest BCUT2D eigenvalue weighted by atomic mass is 10.1. The number of aromatic nitrogens is 4. The number of halogens is 1. The predicted molar refractivity (Wildman–Crippen MR) is 112 cm³/mol. The Hall–Kier alpha value is -3.07. The van der Waals surface area contributed by atoms with E-state index in [1.165, 1.54) is 11.0 Å². The van der Waals surface area contributed by atoms with Gasteiger partial charge in [0.15, 0.2) is 0 Å². The van der Waals surface area contributed by atoms with E-state index < -0.39 is 6.04 Å². The van der Waals surface area contributed by atoms with Crippen LogP contribution >= 0.6 is 15.9 Å². The Kier molecular flexibility index (Phi) is 7.07. The molecule has 0 spiro atoms. The number of amides is 2. The summed E-state index contributed by atoms with van der Waals surface area (Å²) in [4.78, 5) is 25.0. The number of benzene rings is 2. The van der Waals surface area contributed by atoms with Gasteiger partial charge < -0.3 is 10.6 Å². The molecular weight excluding hydrogens is 436 g/mol. The Morgan fingerprint density at radius 2 is 1.97 bits per heavy atom. The molecule has 0 bridgehead atoms. The highest BCUT2D eigenvalue weighted by molar-refractivity contribution is 9.10. The number of anilines is 1. The lowest BCUT2D eigenvalue weighted by Crippen LogP contribution is -2.36. The molecule has 0 aliphatic heterocycles. The fourth-order valence-electron chi connectivity index (χ4n) is 2.81. The zero-order valence-electron chi connectivity index (χ0n) is 15.9. The second kappa shape index (κ2) is 9.92. The maximum Gasteiger partial charge on any atom is 0.245 e. The molecule has 1 unspecified atom stereocenters. The van der Waals surface area contributed by atoms with Crippen LogP contribution in [0.2, 0.25) is 0 Å². The zero-order chi connectivity index (χ0) is 20.6. The van der Waals surface area contributed by atoms with Gasteiger partial charge in [-0.05, 0) is 40.6 Å². The predicted octanol–water partition coefficient (Wildman–Crippen LogP) is 2.67. The number of carbonyl (C=O) groups excluding carboxylic acids is 2. The van der Waals surface area contributed by atoms with Gasteiger partial charge in [-0.15, -0.1) is 5.10 Å². The van der Waals surface area contributed by atoms with Crippen LogP contribution in [0.5, 0.6) is 0 Å². The van der Waals surface area contributed by atoms with Crippen LogP contribution in [-0.4, -0.2) is 38.6 Å². The van der Waals surface area contributed by atoms with Gasteiger partial charge in [-0.3, -0.25) is 9.59 Å². The molecule has 0 aliphatic rings. The lowest BCUT2D eigenvalue weighted by molar-refractivity contribution is -0.124. The third-order valence-electron chi connectivity index (χ3n) is 4.38. The van der Waals surface area contributed by atoms with Crippen LogP contribution in [0.4, 0.5) is 5.69 Å². The van der Waals surface area contributed by atoms with Gasteiger partial charge in [0.05, 0.1) is 0 Å². The molecule has 0 fully saturated rings. The summed E-state index contributed by atoms with van der Waals surface area (Å²) in [6, 6.07) is 14.7. The molecule has 3 rings (SSSR count). The van der Waals surface area contributed by atoms with Crippen LogP contribution in [0.15, 0.2) is 59.3 Å². The summed E-state index contributed by atoms with van der Waals surface area (Å²) in [5, 5.41) is 16.8. The number of hydrogen-bond acceptors (Lipinski definition) is 5. The summed E-state index contributed by atoms with van der Waals surface area (Å²) in [5.41, 5.74) is 2.70. The van der Waals surface area contributed by atoms with E-state index in [1.54, 1.807) is 0 Å². The average Bonchev–Trinajstić information content (AvgIpc) is 3.24. The van der Waals surface area contributed by atoms with Crippen molar-refractivity contribution in [3.8, 4) is 0 Å². The molecule has 9 heteroatoms. The Bertz CT molecular complexity index is 962. The van der Waals surface area contributed by atoms with E-state index in [-0.39, 0.29) is 24.8 Å². The van der Waals surface area contributed by atoms with Crippen molar-refractivity contribution in [2.24, 2.45) is 0 Å². The number of rotatable bonds is 8. The van der Waals surface area contributed by atoms with Crippen molar-refractivity contribution in [1.29, 1.82) is 0 Å². The molecule has 1 heterocycles. The van der Waals surface area contributed by atoms with Crippen molar-refractivity contribution < 1.29 is 9.59 Å². The zero-order valence-corrected chi connectivity index (χ0v) is 17.5. The first-order valence-corrected chi connectivity index (χ1v) is 9.92. The largest absolute Gasteiger partial charge is 0.354 e. The number of hydrogen-bond donors (Lipinski definition) is 2. The highest BCUT2D eigenvalue weighted by atomic mass is 79.9. The first-order chi connectivity index (χ1) is 14.0. The van der Waals surface area contributed by atoms with E-state index in [1.807, 2.05) is 55.5 Å². The van der Waals surface area contributed by atoms with Gasteiger partial charge in [-0.2, -0.15) is 0 Å². The molecule has 2 amide bonds. The molecule has 3 aromatic rings. The van der Waals surface area contributed by atoms with Crippen molar-refractivity contribution in [2.75, 3.05) is 11.9 Å².